The van der Waals surface area contributed by atoms with Gasteiger partial charge in [-0.15, -0.1) is 0 Å². The molecule has 0 saturated carbocycles. The van der Waals surface area contributed by atoms with Crippen LogP contribution in [0.15, 0.2) is 77.7 Å². The van der Waals surface area contributed by atoms with Crippen LogP contribution in [0.4, 0.5) is 5.69 Å². The summed E-state index contributed by atoms with van der Waals surface area (Å²) in [4.78, 5) is 13.2. The first-order valence-electron chi connectivity index (χ1n) is 9.75. The molecule has 1 amide bonds. The third kappa shape index (κ3) is 5.55. The van der Waals surface area contributed by atoms with Gasteiger partial charge < -0.3 is 5.32 Å². The van der Waals surface area contributed by atoms with E-state index in [1.165, 1.54) is 0 Å². The lowest BCUT2D eigenvalue weighted by molar-refractivity contribution is -0.117. The fourth-order valence-corrected chi connectivity index (χ4v) is 4.25. The minimum atomic E-state index is -3.86. The van der Waals surface area contributed by atoms with Gasteiger partial charge in [-0.2, -0.15) is 4.72 Å². The number of anilines is 1. The second kappa shape index (κ2) is 9.24. The molecule has 0 bridgehead atoms. The van der Waals surface area contributed by atoms with Crippen LogP contribution in [-0.2, 0) is 21.2 Å². The van der Waals surface area contributed by atoms with E-state index in [0.29, 0.717) is 5.69 Å². The largest absolute Gasteiger partial charge is 0.325 e. The lowest BCUT2D eigenvalue weighted by atomic mass is 10.1. The molecular weight excluding hydrogens is 396 g/mol. The van der Waals surface area contributed by atoms with Crippen LogP contribution in [0.2, 0.25) is 0 Å². The molecule has 156 valence electrons. The third-order valence-electron chi connectivity index (χ3n) is 5.00. The molecule has 5 nitrogen and oxygen atoms in total. The molecule has 0 heterocycles. The van der Waals surface area contributed by atoms with Crippen LogP contribution in [0.5, 0.6) is 0 Å². The first-order chi connectivity index (χ1) is 14.2. The number of rotatable bonds is 7. The Bertz CT molecular complexity index is 1120. The molecule has 0 fully saturated rings. The van der Waals surface area contributed by atoms with Crippen LogP contribution in [-0.4, -0.2) is 20.4 Å². The van der Waals surface area contributed by atoms with Gasteiger partial charge in [-0.05, 0) is 68.1 Å². The molecule has 0 spiro atoms. The van der Waals surface area contributed by atoms with Crippen LogP contribution >= 0.6 is 0 Å². The highest BCUT2D eigenvalue weighted by atomic mass is 32.2. The van der Waals surface area contributed by atoms with Gasteiger partial charge in [0.1, 0.15) is 6.04 Å². The standard InChI is InChI=1S/C24H26N2O3S/c1-17-9-13-22(14-10-17)30(28,29)26-23(16-20-7-5-4-6-8-20)24(27)25-21-12-11-18(2)19(3)15-21/h4-15,23,26H,16H2,1-3H3,(H,25,27). The SMILES string of the molecule is Cc1ccc(S(=O)(=O)NC(Cc2ccccc2)C(=O)Nc2ccc(C)c(C)c2)cc1. The highest BCUT2D eigenvalue weighted by molar-refractivity contribution is 7.89. The number of hydrogen-bond donors (Lipinski definition) is 2. The van der Waals surface area contributed by atoms with Crippen molar-refractivity contribution in [3.63, 3.8) is 0 Å². The van der Waals surface area contributed by atoms with E-state index in [9.17, 15) is 13.2 Å². The summed E-state index contributed by atoms with van der Waals surface area (Å²) in [6, 6.07) is 20.5. The Morgan fingerprint density at radius 3 is 2.17 bits per heavy atom. The molecule has 3 aromatic carbocycles. The lowest BCUT2D eigenvalue weighted by Gasteiger charge is -2.19. The Labute approximate surface area is 178 Å². The Morgan fingerprint density at radius 2 is 1.53 bits per heavy atom. The molecule has 3 rings (SSSR count). The van der Waals surface area contributed by atoms with Crippen molar-refractivity contribution in [1.82, 2.24) is 4.72 Å². The molecule has 1 atom stereocenters. The van der Waals surface area contributed by atoms with Crippen molar-refractivity contribution in [2.24, 2.45) is 0 Å². The van der Waals surface area contributed by atoms with E-state index in [1.54, 1.807) is 24.3 Å². The number of hydrogen-bond acceptors (Lipinski definition) is 3. The third-order valence-corrected chi connectivity index (χ3v) is 6.49. The summed E-state index contributed by atoms with van der Waals surface area (Å²) in [5.74, 6) is -0.405. The maximum atomic E-state index is 13.0. The molecule has 6 heteroatoms. The fourth-order valence-electron chi connectivity index (χ4n) is 3.06. The number of carbonyl (C=O) groups is 1. The Balaban J connectivity index is 1.86. The zero-order valence-electron chi connectivity index (χ0n) is 17.3. The quantitative estimate of drug-likeness (QED) is 0.601. The van der Waals surface area contributed by atoms with E-state index < -0.39 is 22.0 Å². The molecule has 0 aliphatic rings. The number of aryl methyl sites for hydroxylation is 3. The lowest BCUT2D eigenvalue weighted by Crippen LogP contribution is -2.45. The van der Waals surface area contributed by atoms with Crippen LogP contribution in [0.1, 0.15) is 22.3 Å². The van der Waals surface area contributed by atoms with Crippen molar-refractivity contribution < 1.29 is 13.2 Å². The molecule has 30 heavy (non-hydrogen) atoms. The van der Waals surface area contributed by atoms with Gasteiger partial charge in [0.2, 0.25) is 15.9 Å². The van der Waals surface area contributed by atoms with Gasteiger partial charge in [0.05, 0.1) is 4.90 Å². The number of nitrogens with one attached hydrogen (secondary N) is 2. The van der Waals surface area contributed by atoms with Crippen molar-refractivity contribution in [3.8, 4) is 0 Å². The number of sulfonamides is 1. The molecule has 0 radical (unpaired) electrons. The molecule has 1 unspecified atom stereocenters. The summed E-state index contributed by atoms with van der Waals surface area (Å²) in [5.41, 5.74) is 4.63. The van der Waals surface area contributed by atoms with Gasteiger partial charge in [-0.3, -0.25) is 4.79 Å². The summed E-state index contributed by atoms with van der Waals surface area (Å²) < 4.78 is 28.4. The number of carbonyl (C=O) groups excluding carboxylic acids is 1. The van der Waals surface area contributed by atoms with Crippen molar-refractivity contribution in [3.05, 3.63) is 95.1 Å². The highest BCUT2D eigenvalue weighted by Crippen LogP contribution is 2.16. The van der Waals surface area contributed by atoms with Crippen LogP contribution < -0.4 is 10.0 Å². The van der Waals surface area contributed by atoms with E-state index in [4.69, 9.17) is 0 Å². The first kappa shape index (κ1) is 21.7. The summed E-state index contributed by atoms with van der Waals surface area (Å²) in [5, 5.41) is 2.85. The minimum absolute atomic E-state index is 0.130. The number of benzene rings is 3. The van der Waals surface area contributed by atoms with E-state index in [1.807, 2.05) is 69.3 Å². The van der Waals surface area contributed by atoms with E-state index >= 15 is 0 Å². The molecule has 2 N–H and O–H groups in total. The maximum Gasteiger partial charge on any atom is 0.242 e. The molecule has 0 saturated heterocycles. The van der Waals surface area contributed by atoms with Crippen molar-refractivity contribution in [2.45, 2.75) is 38.1 Å². The van der Waals surface area contributed by atoms with Crippen LogP contribution in [0.3, 0.4) is 0 Å². The topological polar surface area (TPSA) is 75.3 Å². The fraction of sp³-hybridized carbons (Fsp3) is 0.208. The van der Waals surface area contributed by atoms with Crippen LogP contribution in [0.25, 0.3) is 0 Å². The number of amides is 1. The normalized spacial score (nSPS) is 12.4. The second-order valence-corrected chi connectivity index (χ2v) is 9.18. The molecule has 0 aromatic heterocycles. The van der Waals surface area contributed by atoms with E-state index in [-0.39, 0.29) is 11.3 Å². The maximum absolute atomic E-state index is 13.0. The average molecular weight is 423 g/mol. The van der Waals surface area contributed by atoms with Crippen molar-refractivity contribution in [1.29, 1.82) is 0 Å². The zero-order valence-corrected chi connectivity index (χ0v) is 18.2. The van der Waals surface area contributed by atoms with Gasteiger partial charge in [-0.25, -0.2) is 8.42 Å². The van der Waals surface area contributed by atoms with Crippen molar-refractivity contribution in [2.75, 3.05) is 5.32 Å². The van der Waals surface area contributed by atoms with Crippen LogP contribution in [0, 0.1) is 20.8 Å². The Kier molecular flexibility index (Phi) is 6.70. The molecule has 3 aromatic rings. The van der Waals surface area contributed by atoms with Crippen molar-refractivity contribution >= 4 is 21.6 Å². The molecule has 0 aliphatic heterocycles. The second-order valence-electron chi connectivity index (χ2n) is 7.46. The highest BCUT2D eigenvalue weighted by Gasteiger charge is 2.26. The smallest absolute Gasteiger partial charge is 0.242 e. The van der Waals surface area contributed by atoms with Gasteiger partial charge in [-0.1, -0.05) is 54.1 Å². The zero-order chi connectivity index (χ0) is 21.7. The predicted octanol–water partition coefficient (Wildman–Crippen LogP) is 4.14. The summed E-state index contributed by atoms with van der Waals surface area (Å²) >= 11 is 0. The van der Waals surface area contributed by atoms with Gasteiger partial charge in [0.25, 0.3) is 0 Å². The average Bonchev–Trinajstić information content (AvgIpc) is 2.71. The summed E-state index contributed by atoms with van der Waals surface area (Å²) in [7, 11) is -3.86. The van der Waals surface area contributed by atoms with E-state index in [2.05, 4.69) is 10.0 Å². The van der Waals surface area contributed by atoms with Gasteiger partial charge >= 0.3 is 0 Å². The molecule has 0 aliphatic carbocycles. The monoisotopic (exact) mass is 422 g/mol. The predicted molar refractivity (Wildman–Crippen MR) is 120 cm³/mol. The van der Waals surface area contributed by atoms with Gasteiger partial charge in [0, 0.05) is 5.69 Å². The Morgan fingerprint density at radius 1 is 0.867 bits per heavy atom. The van der Waals surface area contributed by atoms with Gasteiger partial charge in [0.15, 0.2) is 0 Å². The Hall–Kier alpha value is -2.96. The molecular formula is C24H26N2O3S. The summed E-state index contributed by atoms with van der Waals surface area (Å²) in [6.45, 7) is 5.85. The first-order valence-corrected chi connectivity index (χ1v) is 11.2. The van der Waals surface area contributed by atoms with E-state index in [0.717, 1.165) is 22.3 Å². The minimum Gasteiger partial charge on any atom is -0.325 e. The summed E-state index contributed by atoms with van der Waals surface area (Å²) in [6.07, 6.45) is 0.239.